The number of benzene rings is 3. The summed E-state index contributed by atoms with van der Waals surface area (Å²) in [6, 6.07) is 19.1. The molecule has 0 atom stereocenters. The minimum atomic E-state index is -3.46. The fourth-order valence-electron chi connectivity index (χ4n) is 3.18. The van der Waals surface area contributed by atoms with Crippen LogP contribution < -0.4 is 10.0 Å². The molecule has 7 nitrogen and oxygen atoms in total. The van der Waals surface area contributed by atoms with Crippen LogP contribution in [0.5, 0.6) is 0 Å². The van der Waals surface area contributed by atoms with Crippen molar-refractivity contribution in [3.05, 3.63) is 88.5 Å². The summed E-state index contributed by atoms with van der Waals surface area (Å²) in [4.78, 5) is 20.4. The molecule has 3 aromatic carbocycles. The number of nitrogens with one attached hydrogen (secondary N) is 3. The molecule has 1 heterocycles. The van der Waals surface area contributed by atoms with E-state index in [0.717, 1.165) is 17.5 Å². The molecule has 0 radical (unpaired) electrons. The molecule has 0 saturated heterocycles. The van der Waals surface area contributed by atoms with Crippen LogP contribution in [0.4, 0.5) is 11.4 Å². The second-order valence-corrected chi connectivity index (χ2v) is 9.79. The van der Waals surface area contributed by atoms with Gasteiger partial charge < -0.3 is 10.3 Å². The monoisotopic (exact) mass is 500 g/mol. The van der Waals surface area contributed by atoms with Crippen molar-refractivity contribution < 1.29 is 13.2 Å². The Labute approximate surface area is 200 Å². The molecule has 168 valence electrons. The quantitative estimate of drug-likeness (QED) is 0.317. The van der Waals surface area contributed by atoms with E-state index in [1.165, 1.54) is 18.2 Å². The molecule has 0 aliphatic rings. The van der Waals surface area contributed by atoms with Crippen molar-refractivity contribution in [1.29, 1.82) is 0 Å². The number of hydrogen-bond donors (Lipinski definition) is 3. The summed E-state index contributed by atoms with van der Waals surface area (Å²) in [5.74, 6) is 0.104. The van der Waals surface area contributed by atoms with Crippen molar-refractivity contribution in [1.82, 2.24) is 9.97 Å². The van der Waals surface area contributed by atoms with Crippen molar-refractivity contribution in [2.75, 3.05) is 16.3 Å². The molecule has 0 fully saturated rings. The second kappa shape index (κ2) is 9.27. The Hall–Kier alpha value is -3.33. The number of anilines is 2. The topological polar surface area (TPSA) is 104 Å². The second-order valence-electron chi connectivity index (χ2n) is 7.23. The van der Waals surface area contributed by atoms with Crippen molar-refractivity contribution in [3.8, 4) is 22.6 Å². The molecule has 0 aliphatic heterocycles. The molecule has 4 aromatic rings. The van der Waals surface area contributed by atoms with Crippen LogP contribution in [0.25, 0.3) is 22.6 Å². The summed E-state index contributed by atoms with van der Waals surface area (Å²) in [6.45, 7) is 0. The van der Waals surface area contributed by atoms with E-state index >= 15 is 0 Å². The smallest absolute Gasteiger partial charge is 0.257 e. The number of aromatic nitrogens is 2. The third-order valence-electron chi connectivity index (χ3n) is 4.66. The van der Waals surface area contributed by atoms with Crippen molar-refractivity contribution in [2.24, 2.45) is 0 Å². The highest BCUT2D eigenvalue weighted by Gasteiger charge is 2.15. The van der Waals surface area contributed by atoms with Gasteiger partial charge in [-0.25, -0.2) is 13.4 Å². The first-order chi connectivity index (χ1) is 15.7. The lowest BCUT2D eigenvalue weighted by molar-refractivity contribution is 0.102. The minimum Gasteiger partial charge on any atom is -0.338 e. The molecule has 33 heavy (non-hydrogen) atoms. The number of nitrogens with zero attached hydrogens (tertiary/aromatic N) is 1. The Morgan fingerprint density at radius 1 is 0.939 bits per heavy atom. The zero-order valence-corrected chi connectivity index (χ0v) is 19.6. The van der Waals surface area contributed by atoms with Gasteiger partial charge in [0.1, 0.15) is 5.82 Å². The van der Waals surface area contributed by atoms with Gasteiger partial charge in [0.2, 0.25) is 10.0 Å². The molecule has 0 saturated carbocycles. The molecular formula is C23H18Cl2N4O3S. The first kappa shape index (κ1) is 22.8. The van der Waals surface area contributed by atoms with Gasteiger partial charge in [0, 0.05) is 16.9 Å². The van der Waals surface area contributed by atoms with Gasteiger partial charge in [0.15, 0.2) is 0 Å². The van der Waals surface area contributed by atoms with E-state index in [4.69, 9.17) is 23.2 Å². The van der Waals surface area contributed by atoms with E-state index in [0.29, 0.717) is 22.1 Å². The van der Waals surface area contributed by atoms with Gasteiger partial charge >= 0.3 is 0 Å². The van der Waals surface area contributed by atoms with Crippen LogP contribution in [0.15, 0.2) is 72.9 Å². The number of carbonyl (C=O) groups is 1. The number of rotatable bonds is 6. The van der Waals surface area contributed by atoms with Crippen molar-refractivity contribution in [3.63, 3.8) is 0 Å². The predicted molar refractivity (Wildman–Crippen MR) is 132 cm³/mol. The number of sulfonamides is 1. The van der Waals surface area contributed by atoms with E-state index in [1.54, 1.807) is 24.4 Å². The lowest BCUT2D eigenvalue weighted by atomic mass is 10.1. The number of imidazole rings is 1. The minimum absolute atomic E-state index is 0.105. The summed E-state index contributed by atoms with van der Waals surface area (Å²) in [7, 11) is -3.46. The van der Waals surface area contributed by atoms with Crippen LogP contribution in [0.3, 0.4) is 0 Å². The Bertz CT molecular complexity index is 1440. The Morgan fingerprint density at radius 3 is 2.36 bits per heavy atom. The van der Waals surface area contributed by atoms with E-state index in [-0.39, 0.29) is 16.3 Å². The summed E-state index contributed by atoms with van der Waals surface area (Å²) in [5, 5.41) is 3.35. The Balaban J connectivity index is 1.56. The fourth-order valence-corrected chi connectivity index (χ4v) is 4.21. The first-order valence-electron chi connectivity index (χ1n) is 9.69. The SMILES string of the molecule is CS(=O)(=O)Nc1ccc(C(=O)Nc2ccc(Cl)c(-c3ncc(-c4ccccc4)[nH]3)c2)c(Cl)c1. The highest BCUT2D eigenvalue weighted by molar-refractivity contribution is 7.92. The maximum absolute atomic E-state index is 12.8. The molecule has 3 N–H and O–H groups in total. The zero-order chi connectivity index (χ0) is 23.6. The predicted octanol–water partition coefficient (Wildman–Crippen LogP) is 5.67. The van der Waals surface area contributed by atoms with Gasteiger partial charge in [-0.3, -0.25) is 9.52 Å². The molecule has 0 aliphatic carbocycles. The van der Waals surface area contributed by atoms with Gasteiger partial charge in [-0.1, -0.05) is 53.5 Å². The molecular weight excluding hydrogens is 483 g/mol. The summed E-state index contributed by atoms with van der Waals surface area (Å²) in [5.41, 5.74) is 3.39. The maximum Gasteiger partial charge on any atom is 0.257 e. The summed E-state index contributed by atoms with van der Waals surface area (Å²) >= 11 is 12.6. The average Bonchev–Trinajstić information content (AvgIpc) is 3.24. The number of halogens is 2. The maximum atomic E-state index is 12.8. The van der Waals surface area contributed by atoms with E-state index in [2.05, 4.69) is 20.0 Å². The zero-order valence-electron chi connectivity index (χ0n) is 17.3. The van der Waals surface area contributed by atoms with Gasteiger partial charge in [-0.2, -0.15) is 0 Å². The van der Waals surface area contributed by atoms with Crippen LogP contribution in [0.1, 0.15) is 10.4 Å². The molecule has 0 spiro atoms. The van der Waals surface area contributed by atoms with Gasteiger partial charge in [-0.15, -0.1) is 0 Å². The lowest BCUT2D eigenvalue weighted by Gasteiger charge is -2.11. The standard InChI is InChI=1S/C23H18Cl2N4O3S/c1-33(31,32)29-16-7-9-17(20(25)12-16)23(30)27-15-8-10-19(24)18(11-15)22-26-13-21(28-22)14-5-3-2-4-6-14/h2-13,29H,1H3,(H,26,28)(H,27,30). The van der Waals surface area contributed by atoms with Crippen LogP contribution in [-0.4, -0.2) is 30.5 Å². The number of aromatic amines is 1. The highest BCUT2D eigenvalue weighted by Crippen LogP contribution is 2.31. The van der Waals surface area contributed by atoms with E-state index in [9.17, 15) is 13.2 Å². The van der Waals surface area contributed by atoms with Crippen LogP contribution in [-0.2, 0) is 10.0 Å². The molecule has 1 aromatic heterocycles. The third-order valence-corrected chi connectivity index (χ3v) is 5.91. The number of amides is 1. The van der Waals surface area contributed by atoms with Crippen molar-refractivity contribution >= 4 is 50.5 Å². The van der Waals surface area contributed by atoms with E-state index < -0.39 is 15.9 Å². The van der Waals surface area contributed by atoms with Crippen LogP contribution in [0.2, 0.25) is 10.0 Å². The molecule has 0 bridgehead atoms. The fraction of sp³-hybridized carbons (Fsp3) is 0.0435. The van der Waals surface area contributed by atoms with Crippen LogP contribution >= 0.6 is 23.2 Å². The molecule has 0 unspecified atom stereocenters. The van der Waals surface area contributed by atoms with Gasteiger partial charge in [-0.05, 0) is 42.0 Å². The lowest BCUT2D eigenvalue weighted by Crippen LogP contribution is -2.14. The average molecular weight is 501 g/mol. The number of carbonyl (C=O) groups excluding carboxylic acids is 1. The summed E-state index contributed by atoms with van der Waals surface area (Å²) in [6.07, 6.45) is 2.75. The van der Waals surface area contributed by atoms with Crippen molar-refractivity contribution in [2.45, 2.75) is 0 Å². The summed E-state index contributed by atoms with van der Waals surface area (Å²) < 4.78 is 25.1. The molecule has 4 rings (SSSR count). The number of H-pyrrole nitrogens is 1. The highest BCUT2D eigenvalue weighted by atomic mass is 35.5. The first-order valence-corrected chi connectivity index (χ1v) is 12.3. The van der Waals surface area contributed by atoms with Gasteiger partial charge in [0.05, 0.1) is 33.8 Å². The number of hydrogen-bond acceptors (Lipinski definition) is 4. The molecule has 1 amide bonds. The van der Waals surface area contributed by atoms with Gasteiger partial charge in [0.25, 0.3) is 5.91 Å². The third kappa shape index (κ3) is 5.54. The van der Waals surface area contributed by atoms with E-state index in [1.807, 2.05) is 30.3 Å². The Kier molecular flexibility index (Phi) is 6.42. The van der Waals surface area contributed by atoms with Crippen LogP contribution in [0, 0.1) is 0 Å². The largest absolute Gasteiger partial charge is 0.338 e. The Morgan fingerprint density at radius 2 is 1.67 bits per heavy atom. The molecule has 10 heteroatoms. The normalized spacial score (nSPS) is 11.2.